The van der Waals surface area contributed by atoms with Crippen LogP contribution in [0.5, 0.6) is 0 Å². The zero-order chi connectivity index (χ0) is 15.7. The van der Waals surface area contributed by atoms with E-state index in [0.29, 0.717) is 6.07 Å². The van der Waals surface area contributed by atoms with E-state index in [9.17, 15) is 26.4 Å². The summed E-state index contributed by atoms with van der Waals surface area (Å²) in [6.45, 7) is 1.17. The third-order valence-corrected chi connectivity index (χ3v) is 4.18. The van der Waals surface area contributed by atoms with Gasteiger partial charge >= 0.3 is 6.18 Å². The summed E-state index contributed by atoms with van der Waals surface area (Å²) in [4.78, 5) is 10.1. The van der Waals surface area contributed by atoms with Crippen molar-refractivity contribution in [3.8, 4) is 0 Å². The number of benzene rings is 1. The summed E-state index contributed by atoms with van der Waals surface area (Å²) in [5.41, 5.74) is 3.59. The van der Waals surface area contributed by atoms with Crippen LogP contribution in [0.25, 0.3) is 0 Å². The van der Waals surface area contributed by atoms with E-state index in [0.717, 1.165) is 12.1 Å². The molecule has 1 atom stereocenters. The Balaban J connectivity index is 3.24. The van der Waals surface area contributed by atoms with E-state index in [1.54, 1.807) is 0 Å². The molecule has 0 fully saturated rings. The summed E-state index contributed by atoms with van der Waals surface area (Å²) in [5.74, 6) is -0.960. The molecular weight excluding hydrogens is 321 g/mol. The van der Waals surface area contributed by atoms with Gasteiger partial charge in [0.05, 0.1) is 21.5 Å². The first-order chi connectivity index (χ1) is 8.95. The van der Waals surface area contributed by atoms with E-state index in [1.165, 1.54) is 6.92 Å². The number of nitrogens with two attached hydrogens (primary N) is 1. The smallest absolute Gasteiger partial charge is 0.368 e. The van der Waals surface area contributed by atoms with Crippen molar-refractivity contribution in [2.75, 3.05) is 0 Å². The highest BCUT2D eigenvalue weighted by molar-refractivity contribution is 7.89. The van der Waals surface area contributed by atoms with E-state index >= 15 is 0 Å². The SMILES string of the molecule is CC(NS(=O)(=O)c1ccc(Cl)c(C(F)(F)F)c1)C(N)=O. The Morgan fingerprint density at radius 3 is 2.40 bits per heavy atom. The molecule has 0 radical (unpaired) electrons. The van der Waals surface area contributed by atoms with Gasteiger partial charge in [0.2, 0.25) is 15.9 Å². The summed E-state index contributed by atoms with van der Waals surface area (Å²) < 4.78 is 63.4. The fourth-order valence-corrected chi connectivity index (χ4v) is 2.71. The first-order valence-corrected chi connectivity index (χ1v) is 6.99. The zero-order valence-electron chi connectivity index (χ0n) is 10.0. The van der Waals surface area contributed by atoms with E-state index in [-0.39, 0.29) is 0 Å². The quantitative estimate of drug-likeness (QED) is 0.877. The van der Waals surface area contributed by atoms with Crippen molar-refractivity contribution in [1.29, 1.82) is 0 Å². The van der Waals surface area contributed by atoms with Crippen LogP contribution in [0.2, 0.25) is 5.02 Å². The van der Waals surface area contributed by atoms with Gasteiger partial charge in [0.15, 0.2) is 0 Å². The molecule has 1 unspecified atom stereocenters. The molecule has 0 aliphatic rings. The average molecular weight is 331 g/mol. The van der Waals surface area contributed by atoms with Gasteiger partial charge in [0, 0.05) is 0 Å². The fourth-order valence-electron chi connectivity index (χ4n) is 1.25. The molecule has 0 aliphatic carbocycles. The monoisotopic (exact) mass is 330 g/mol. The minimum absolute atomic E-state index is 0.387. The maximum absolute atomic E-state index is 12.6. The van der Waals surface area contributed by atoms with E-state index in [1.807, 2.05) is 4.72 Å². The van der Waals surface area contributed by atoms with Crippen LogP contribution in [0.4, 0.5) is 13.2 Å². The molecule has 0 saturated heterocycles. The molecule has 1 aromatic rings. The molecule has 3 N–H and O–H groups in total. The third-order valence-electron chi connectivity index (χ3n) is 2.31. The van der Waals surface area contributed by atoms with Crippen LogP contribution >= 0.6 is 11.6 Å². The van der Waals surface area contributed by atoms with Gasteiger partial charge in [0.1, 0.15) is 0 Å². The van der Waals surface area contributed by atoms with Gasteiger partial charge in [-0.25, -0.2) is 8.42 Å². The summed E-state index contributed by atoms with van der Waals surface area (Å²) >= 11 is 5.38. The molecule has 1 aromatic carbocycles. The van der Waals surface area contributed by atoms with Crippen LogP contribution in [-0.4, -0.2) is 20.4 Å². The van der Waals surface area contributed by atoms with Crippen LogP contribution in [-0.2, 0) is 21.0 Å². The highest BCUT2D eigenvalue weighted by atomic mass is 35.5. The van der Waals surface area contributed by atoms with Gasteiger partial charge in [-0.15, -0.1) is 0 Å². The molecule has 0 bridgehead atoms. The molecule has 0 heterocycles. The maximum Gasteiger partial charge on any atom is 0.417 e. The van der Waals surface area contributed by atoms with E-state index < -0.39 is 43.6 Å². The van der Waals surface area contributed by atoms with Gasteiger partial charge < -0.3 is 5.73 Å². The molecule has 1 rings (SSSR count). The Morgan fingerprint density at radius 2 is 1.95 bits per heavy atom. The van der Waals surface area contributed by atoms with E-state index in [2.05, 4.69) is 0 Å². The number of hydrogen-bond acceptors (Lipinski definition) is 3. The third kappa shape index (κ3) is 3.84. The number of amides is 1. The summed E-state index contributed by atoms with van der Waals surface area (Å²) in [7, 11) is -4.31. The Hall–Kier alpha value is -1.32. The van der Waals surface area contributed by atoms with Crippen molar-refractivity contribution in [2.24, 2.45) is 5.73 Å². The number of nitrogens with one attached hydrogen (secondary N) is 1. The van der Waals surface area contributed by atoms with Crippen molar-refractivity contribution in [3.63, 3.8) is 0 Å². The maximum atomic E-state index is 12.6. The Labute approximate surface area is 118 Å². The predicted octanol–water partition coefficient (Wildman–Crippen LogP) is 1.51. The molecule has 0 aliphatic heterocycles. The van der Waals surface area contributed by atoms with Gasteiger partial charge in [-0.3, -0.25) is 4.79 Å². The highest BCUT2D eigenvalue weighted by Crippen LogP contribution is 2.35. The molecule has 10 heteroatoms. The number of hydrogen-bond donors (Lipinski definition) is 2. The molecular formula is C10H10ClF3N2O3S. The van der Waals surface area contributed by atoms with Gasteiger partial charge in [-0.2, -0.15) is 17.9 Å². The number of carbonyl (C=O) groups is 1. The molecule has 112 valence electrons. The number of sulfonamides is 1. The highest BCUT2D eigenvalue weighted by Gasteiger charge is 2.34. The van der Waals surface area contributed by atoms with Crippen LogP contribution in [0.3, 0.4) is 0 Å². The lowest BCUT2D eigenvalue weighted by molar-refractivity contribution is -0.137. The van der Waals surface area contributed by atoms with Crippen LogP contribution in [0.15, 0.2) is 23.1 Å². The summed E-state index contributed by atoms with van der Waals surface area (Å²) in [6.07, 6.45) is -4.79. The number of carbonyl (C=O) groups excluding carboxylic acids is 1. The molecule has 0 spiro atoms. The predicted molar refractivity (Wildman–Crippen MR) is 65.4 cm³/mol. The lowest BCUT2D eigenvalue weighted by Crippen LogP contribution is -2.42. The Bertz CT molecular complexity index is 631. The minimum atomic E-state index is -4.79. The first-order valence-electron chi connectivity index (χ1n) is 5.13. The Kier molecular flexibility index (Phi) is 4.67. The van der Waals surface area contributed by atoms with Crippen molar-refractivity contribution in [1.82, 2.24) is 4.72 Å². The van der Waals surface area contributed by atoms with Crippen molar-refractivity contribution < 1.29 is 26.4 Å². The lowest BCUT2D eigenvalue weighted by Gasteiger charge is -2.13. The zero-order valence-corrected chi connectivity index (χ0v) is 11.6. The lowest BCUT2D eigenvalue weighted by atomic mass is 10.2. The first kappa shape index (κ1) is 16.7. The average Bonchev–Trinajstić information content (AvgIpc) is 2.26. The number of halogens is 4. The second-order valence-corrected chi connectivity index (χ2v) is 6.01. The minimum Gasteiger partial charge on any atom is -0.368 e. The molecule has 0 saturated carbocycles. The summed E-state index contributed by atoms with van der Waals surface area (Å²) in [6, 6.07) is 0.838. The fraction of sp³-hybridized carbons (Fsp3) is 0.300. The van der Waals surface area contributed by atoms with Gasteiger partial charge in [-0.1, -0.05) is 11.6 Å². The van der Waals surface area contributed by atoms with Crippen LogP contribution in [0.1, 0.15) is 12.5 Å². The van der Waals surface area contributed by atoms with Crippen molar-refractivity contribution in [2.45, 2.75) is 24.0 Å². The molecule has 0 aromatic heterocycles. The van der Waals surface area contributed by atoms with Crippen LogP contribution < -0.4 is 10.5 Å². The topological polar surface area (TPSA) is 89.3 Å². The summed E-state index contributed by atoms with van der Waals surface area (Å²) in [5, 5.41) is -0.626. The number of primary amides is 1. The van der Waals surface area contributed by atoms with Gasteiger partial charge in [-0.05, 0) is 25.1 Å². The van der Waals surface area contributed by atoms with Crippen molar-refractivity contribution in [3.05, 3.63) is 28.8 Å². The molecule has 5 nitrogen and oxygen atoms in total. The molecule has 1 amide bonds. The normalized spacial score (nSPS) is 14.1. The van der Waals surface area contributed by atoms with Crippen molar-refractivity contribution >= 4 is 27.5 Å². The second kappa shape index (κ2) is 5.58. The standard InChI is InChI=1S/C10H10ClF3N2O3S/c1-5(9(15)17)16-20(18,19)6-2-3-8(11)7(4-6)10(12,13)14/h2-5,16H,1H3,(H2,15,17). The van der Waals surface area contributed by atoms with Gasteiger partial charge in [0.25, 0.3) is 0 Å². The number of rotatable bonds is 4. The van der Waals surface area contributed by atoms with E-state index in [4.69, 9.17) is 17.3 Å². The Morgan fingerprint density at radius 1 is 1.40 bits per heavy atom. The van der Waals surface area contributed by atoms with Crippen LogP contribution in [0, 0.1) is 0 Å². The molecule has 20 heavy (non-hydrogen) atoms. The largest absolute Gasteiger partial charge is 0.417 e. The second-order valence-electron chi connectivity index (χ2n) is 3.88. The number of alkyl halides is 3.